The number of benzene rings is 8. The van der Waals surface area contributed by atoms with Crippen molar-refractivity contribution in [2.45, 2.75) is 0 Å². The molecule has 0 saturated carbocycles. The second-order valence-corrected chi connectivity index (χ2v) is 13.3. The summed E-state index contributed by atoms with van der Waals surface area (Å²) in [6.07, 6.45) is 0. The number of hydrogen-bond donors (Lipinski definition) is 0. The van der Waals surface area contributed by atoms with E-state index in [2.05, 4.69) is 191 Å². The van der Waals surface area contributed by atoms with Crippen molar-refractivity contribution in [1.29, 1.82) is 0 Å². The minimum atomic E-state index is 1.15. The van der Waals surface area contributed by atoms with Crippen LogP contribution in [0.25, 0.3) is 99.5 Å². The highest BCUT2D eigenvalue weighted by molar-refractivity contribution is 6.12. The van der Waals surface area contributed by atoms with Crippen LogP contribution in [-0.2, 0) is 0 Å². The number of rotatable bonds is 2. The van der Waals surface area contributed by atoms with Crippen LogP contribution in [0.5, 0.6) is 0 Å². The predicted molar refractivity (Wildman–Crippen MR) is 210 cm³/mol. The SMILES string of the molecule is c1ccc2c(c1)-c1ccccc1-c1ccc(-n3c4ccccc4c4cc(-n5c6ccccc6c6ccccc65)ccc43)cc1-c1ccccc1-2. The smallest absolute Gasteiger partial charge is 0.0542 e. The van der Waals surface area contributed by atoms with E-state index < -0.39 is 0 Å². The topological polar surface area (TPSA) is 9.86 Å². The molecule has 8 aromatic carbocycles. The Labute approximate surface area is 289 Å². The molecule has 0 aliphatic heterocycles. The predicted octanol–water partition coefficient (Wildman–Crippen LogP) is 12.9. The van der Waals surface area contributed by atoms with E-state index in [4.69, 9.17) is 0 Å². The van der Waals surface area contributed by atoms with Crippen LogP contribution in [-0.4, -0.2) is 9.13 Å². The molecule has 0 radical (unpaired) electrons. The molecule has 0 spiro atoms. The third-order valence-corrected chi connectivity index (χ3v) is 10.7. The van der Waals surface area contributed by atoms with Crippen molar-refractivity contribution in [3.8, 4) is 55.9 Å². The number of fused-ring (bicyclic) bond motifs is 14. The van der Waals surface area contributed by atoms with Gasteiger partial charge in [0.1, 0.15) is 0 Å². The lowest BCUT2D eigenvalue weighted by molar-refractivity contribution is 1.17. The first kappa shape index (κ1) is 27.3. The van der Waals surface area contributed by atoms with Crippen LogP contribution in [0.1, 0.15) is 0 Å². The normalized spacial score (nSPS) is 12.0. The van der Waals surface area contributed by atoms with Crippen molar-refractivity contribution in [2.24, 2.45) is 0 Å². The Morgan fingerprint density at radius 2 is 0.540 bits per heavy atom. The maximum atomic E-state index is 2.45. The molecule has 50 heavy (non-hydrogen) atoms. The van der Waals surface area contributed by atoms with E-state index in [0.717, 1.165) is 5.69 Å². The summed E-state index contributed by atoms with van der Waals surface area (Å²) in [6, 6.07) is 66.9. The van der Waals surface area contributed by atoms with Gasteiger partial charge in [0.15, 0.2) is 0 Å². The Balaban J connectivity index is 1.18. The lowest BCUT2D eigenvalue weighted by atomic mass is 9.81. The molecule has 1 aliphatic rings. The Kier molecular flexibility index (Phi) is 5.70. The van der Waals surface area contributed by atoms with Gasteiger partial charge in [-0.2, -0.15) is 0 Å². The number of para-hydroxylation sites is 3. The Bertz CT molecular complexity index is 2930. The summed E-state index contributed by atoms with van der Waals surface area (Å²) in [4.78, 5) is 0. The average molecular weight is 635 g/mol. The van der Waals surface area contributed by atoms with Gasteiger partial charge in [0.25, 0.3) is 0 Å². The van der Waals surface area contributed by atoms with Gasteiger partial charge in [-0.15, -0.1) is 0 Å². The monoisotopic (exact) mass is 634 g/mol. The summed E-state index contributed by atoms with van der Waals surface area (Å²) in [7, 11) is 0. The van der Waals surface area contributed by atoms with Crippen molar-refractivity contribution >= 4 is 43.6 Å². The van der Waals surface area contributed by atoms with Crippen molar-refractivity contribution in [1.82, 2.24) is 9.13 Å². The van der Waals surface area contributed by atoms with Gasteiger partial charge in [0.2, 0.25) is 0 Å². The Hall–Kier alpha value is -6.64. The van der Waals surface area contributed by atoms with Crippen molar-refractivity contribution in [2.75, 3.05) is 0 Å². The molecule has 2 nitrogen and oxygen atoms in total. The van der Waals surface area contributed by atoms with Gasteiger partial charge < -0.3 is 9.13 Å². The highest BCUT2D eigenvalue weighted by atomic mass is 15.0. The summed E-state index contributed by atoms with van der Waals surface area (Å²) in [6.45, 7) is 0. The molecule has 0 amide bonds. The molecule has 232 valence electrons. The fraction of sp³-hybridized carbons (Fsp3) is 0. The second-order valence-electron chi connectivity index (χ2n) is 13.3. The lowest BCUT2D eigenvalue weighted by Gasteiger charge is -2.24. The molecule has 0 unspecified atom stereocenters. The largest absolute Gasteiger partial charge is 0.309 e. The number of aromatic nitrogens is 2. The maximum Gasteiger partial charge on any atom is 0.0542 e. The van der Waals surface area contributed by atoms with Crippen molar-refractivity contribution in [3.63, 3.8) is 0 Å². The molecule has 0 saturated heterocycles. The molecule has 10 aromatic rings. The zero-order valence-electron chi connectivity index (χ0n) is 27.2. The highest BCUT2D eigenvalue weighted by Crippen LogP contribution is 2.48. The van der Waals surface area contributed by atoms with Crippen molar-refractivity contribution in [3.05, 3.63) is 182 Å². The quantitative estimate of drug-likeness (QED) is 0.179. The molecule has 2 heteroatoms. The van der Waals surface area contributed by atoms with Crippen LogP contribution in [0.3, 0.4) is 0 Å². The molecule has 0 N–H and O–H groups in total. The first-order valence-electron chi connectivity index (χ1n) is 17.3. The summed E-state index contributed by atoms with van der Waals surface area (Å²) in [5.41, 5.74) is 17.2. The first-order valence-corrected chi connectivity index (χ1v) is 17.3. The highest BCUT2D eigenvalue weighted by Gasteiger charge is 2.23. The second kappa shape index (κ2) is 10.4. The van der Waals surface area contributed by atoms with Gasteiger partial charge in [-0.25, -0.2) is 0 Å². The van der Waals surface area contributed by atoms with Crippen molar-refractivity contribution < 1.29 is 0 Å². The first-order chi connectivity index (χ1) is 24.8. The molecule has 2 heterocycles. The summed E-state index contributed by atoms with van der Waals surface area (Å²) in [5, 5.41) is 5.04. The van der Waals surface area contributed by atoms with Crippen LogP contribution in [0.2, 0.25) is 0 Å². The molecule has 0 atom stereocenters. The molecule has 0 fully saturated rings. The fourth-order valence-electron chi connectivity index (χ4n) is 8.57. The summed E-state index contributed by atoms with van der Waals surface area (Å²) < 4.78 is 4.86. The zero-order valence-corrected chi connectivity index (χ0v) is 27.2. The summed E-state index contributed by atoms with van der Waals surface area (Å²) in [5.74, 6) is 0. The molecule has 2 aromatic heterocycles. The third-order valence-electron chi connectivity index (χ3n) is 10.7. The van der Waals surface area contributed by atoms with Gasteiger partial charge in [0, 0.05) is 32.9 Å². The Morgan fingerprint density at radius 3 is 1.02 bits per heavy atom. The van der Waals surface area contributed by atoms with Crippen LogP contribution >= 0.6 is 0 Å². The standard InChI is InChI=1S/C48H30N2/c1-2-14-34-33(13-1)35-15-3-4-17-37(35)39-27-25-31(29-43(39)38-18-6-5-16-36(34)38)50-47-24-12-9-21-42(47)44-30-32(26-28-48(44)50)49-45-22-10-7-19-40(45)41-20-8-11-23-46(41)49/h1-30H. The minimum Gasteiger partial charge on any atom is -0.309 e. The average Bonchev–Trinajstić information content (AvgIpc) is 3.70. The molecule has 1 aliphatic carbocycles. The zero-order chi connectivity index (χ0) is 32.8. The fourth-order valence-corrected chi connectivity index (χ4v) is 8.57. The molecule has 0 bridgehead atoms. The van der Waals surface area contributed by atoms with Crippen LogP contribution in [0.15, 0.2) is 182 Å². The van der Waals surface area contributed by atoms with E-state index in [0.29, 0.717) is 0 Å². The van der Waals surface area contributed by atoms with Gasteiger partial charge >= 0.3 is 0 Å². The van der Waals surface area contributed by atoms with Gasteiger partial charge in [-0.05, 0) is 93.0 Å². The van der Waals surface area contributed by atoms with E-state index in [-0.39, 0.29) is 0 Å². The van der Waals surface area contributed by atoms with Gasteiger partial charge in [0.05, 0.1) is 22.1 Å². The third kappa shape index (κ3) is 3.79. The van der Waals surface area contributed by atoms with E-state index in [1.54, 1.807) is 0 Å². The van der Waals surface area contributed by atoms with E-state index >= 15 is 0 Å². The number of hydrogen-bond acceptors (Lipinski definition) is 0. The lowest BCUT2D eigenvalue weighted by Crippen LogP contribution is -2.00. The maximum absolute atomic E-state index is 2.45. The molecular weight excluding hydrogens is 605 g/mol. The number of nitrogens with zero attached hydrogens (tertiary/aromatic N) is 2. The van der Waals surface area contributed by atoms with Gasteiger partial charge in [-0.1, -0.05) is 133 Å². The molecule has 11 rings (SSSR count). The van der Waals surface area contributed by atoms with E-state index in [1.165, 1.54) is 93.8 Å². The Morgan fingerprint density at radius 1 is 0.220 bits per heavy atom. The molecular formula is C48H30N2. The van der Waals surface area contributed by atoms with E-state index in [9.17, 15) is 0 Å². The van der Waals surface area contributed by atoms with Crippen LogP contribution < -0.4 is 0 Å². The van der Waals surface area contributed by atoms with E-state index in [1.807, 2.05) is 0 Å². The summed E-state index contributed by atoms with van der Waals surface area (Å²) >= 11 is 0. The minimum absolute atomic E-state index is 1.15. The van der Waals surface area contributed by atoms with Crippen LogP contribution in [0.4, 0.5) is 0 Å². The van der Waals surface area contributed by atoms with Crippen LogP contribution in [0, 0.1) is 0 Å². The van der Waals surface area contributed by atoms with Gasteiger partial charge in [-0.3, -0.25) is 0 Å².